The van der Waals surface area contributed by atoms with Crippen LogP contribution in [0.1, 0.15) is 39.8 Å². The number of aromatic amines is 1. The number of hydrogen-bond acceptors (Lipinski definition) is 2. The summed E-state index contributed by atoms with van der Waals surface area (Å²) >= 11 is 0. The molecule has 0 bridgehead atoms. The third-order valence-electron chi connectivity index (χ3n) is 3.69. The van der Waals surface area contributed by atoms with Gasteiger partial charge in [-0.3, -0.25) is 9.59 Å². The molecule has 1 atom stereocenters. The predicted octanol–water partition coefficient (Wildman–Crippen LogP) is 3.17. The summed E-state index contributed by atoms with van der Waals surface area (Å²) in [6, 6.07) is 5.94. The van der Waals surface area contributed by atoms with Crippen molar-refractivity contribution in [2.45, 2.75) is 19.8 Å². The molecule has 1 unspecified atom stereocenters. The first-order valence-corrected chi connectivity index (χ1v) is 6.85. The first kappa shape index (κ1) is 13.5. The number of fused-ring (bicyclic) bond motifs is 1. The van der Waals surface area contributed by atoms with E-state index in [9.17, 15) is 14.0 Å². The number of nitrogens with one attached hydrogen (secondary N) is 2. The number of rotatable bonds is 2. The first-order chi connectivity index (χ1) is 10.1. The monoisotopic (exact) mass is 286 g/mol. The molecule has 1 aliphatic carbocycles. The number of carbonyl (C=O) groups is 2. The molecule has 1 heterocycles. The maximum atomic E-state index is 13.6. The number of ketones is 1. The van der Waals surface area contributed by atoms with Gasteiger partial charge in [0.1, 0.15) is 5.82 Å². The number of hydrogen-bond donors (Lipinski definition) is 2. The lowest BCUT2D eigenvalue weighted by Gasteiger charge is -2.17. The van der Waals surface area contributed by atoms with Gasteiger partial charge < -0.3 is 10.3 Å². The summed E-state index contributed by atoms with van der Waals surface area (Å²) in [5, 5.41) is 2.51. The van der Waals surface area contributed by atoms with Crippen LogP contribution in [0.4, 0.5) is 10.1 Å². The smallest absolute Gasteiger partial charge is 0.258 e. The molecule has 4 nitrogen and oxygen atoms in total. The number of benzene rings is 1. The van der Waals surface area contributed by atoms with Crippen LogP contribution in [-0.2, 0) is 6.42 Å². The number of halogens is 1. The molecule has 1 amide bonds. The molecule has 21 heavy (non-hydrogen) atoms. The second-order valence-corrected chi connectivity index (χ2v) is 5.43. The molecule has 0 radical (unpaired) electrons. The maximum Gasteiger partial charge on any atom is 0.258 e. The van der Waals surface area contributed by atoms with Gasteiger partial charge in [0.15, 0.2) is 5.78 Å². The zero-order valence-electron chi connectivity index (χ0n) is 11.6. The van der Waals surface area contributed by atoms with E-state index in [4.69, 9.17) is 0 Å². The Balaban J connectivity index is 1.90. The fraction of sp³-hybridized carbons (Fsp3) is 0.250. The van der Waals surface area contributed by atoms with Crippen molar-refractivity contribution in [1.29, 1.82) is 0 Å². The van der Waals surface area contributed by atoms with Crippen LogP contribution in [0.5, 0.6) is 0 Å². The van der Waals surface area contributed by atoms with Crippen LogP contribution in [0.2, 0.25) is 0 Å². The Hall–Kier alpha value is -2.43. The highest BCUT2D eigenvalue weighted by atomic mass is 19.1. The van der Waals surface area contributed by atoms with E-state index >= 15 is 0 Å². The minimum Gasteiger partial charge on any atom is -0.364 e. The number of aromatic nitrogens is 1. The molecular formula is C16H15FN2O2. The zero-order valence-corrected chi connectivity index (χ0v) is 11.6. The van der Waals surface area contributed by atoms with E-state index in [0.29, 0.717) is 12.0 Å². The molecule has 0 saturated heterocycles. The Bertz CT molecular complexity index is 721. The summed E-state index contributed by atoms with van der Waals surface area (Å²) in [5.74, 6) is -0.745. The van der Waals surface area contributed by atoms with Crippen molar-refractivity contribution in [2.75, 3.05) is 5.32 Å². The molecule has 0 fully saturated rings. The van der Waals surface area contributed by atoms with E-state index in [0.717, 1.165) is 12.1 Å². The summed E-state index contributed by atoms with van der Waals surface area (Å²) in [5.41, 5.74) is 1.62. The van der Waals surface area contributed by atoms with Gasteiger partial charge in [-0.1, -0.05) is 19.1 Å². The fourth-order valence-electron chi connectivity index (χ4n) is 2.72. The van der Waals surface area contributed by atoms with Crippen LogP contribution < -0.4 is 5.32 Å². The highest BCUT2D eigenvalue weighted by Gasteiger charge is 2.29. The summed E-state index contributed by atoms with van der Waals surface area (Å²) in [7, 11) is 0. The largest absolute Gasteiger partial charge is 0.364 e. The Morgan fingerprint density at radius 3 is 2.86 bits per heavy atom. The van der Waals surface area contributed by atoms with Crippen LogP contribution in [0.15, 0.2) is 30.5 Å². The van der Waals surface area contributed by atoms with Crippen molar-refractivity contribution in [2.24, 2.45) is 5.92 Å². The van der Waals surface area contributed by atoms with Gasteiger partial charge in [-0.15, -0.1) is 0 Å². The summed E-state index contributed by atoms with van der Waals surface area (Å²) in [4.78, 5) is 27.4. The third-order valence-corrected chi connectivity index (χ3v) is 3.69. The highest BCUT2D eigenvalue weighted by Crippen LogP contribution is 2.28. The Morgan fingerprint density at radius 1 is 1.33 bits per heavy atom. The number of carbonyl (C=O) groups excluding carboxylic acids is 2. The van der Waals surface area contributed by atoms with Gasteiger partial charge in [0, 0.05) is 18.3 Å². The van der Waals surface area contributed by atoms with Crippen LogP contribution in [0, 0.1) is 11.7 Å². The molecule has 108 valence electrons. The zero-order chi connectivity index (χ0) is 15.0. The standard InChI is InChI=1S/C16H15FN2O2/c1-9-6-13-15(14(20)7-9)10(8-18-13)16(21)19-12-5-3-2-4-11(12)17/h2-5,8-9,18H,6-7H2,1H3,(H,19,21). The van der Waals surface area contributed by atoms with E-state index < -0.39 is 11.7 Å². The molecule has 0 spiro atoms. The predicted molar refractivity (Wildman–Crippen MR) is 77.0 cm³/mol. The van der Waals surface area contributed by atoms with Gasteiger partial charge in [0.05, 0.1) is 16.8 Å². The normalized spacial score (nSPS) is 17.4. The fourth-order valence-corrected chi connectivity index (χ4v) is 2.72. The van der Waals surface area contributed by atoms with Crippen LogP contribution >= 0.6 is 0 Å². The second kappa shape index (κ2) is 5.16. The summed E-state index contributed by atoms with van der Waals surface area (Å²) in [6.45, 7) is 2.00. The van der Waals surface area contributed by atoms with Gasteiger partial charge >= 0.3 is 0 Å². The quantitative estimate of drug-likeness (QED) is 0.890. The first-order valence-electron chi connectivity index (χ1n) is 6.85. The van der Waals surface area contributed by atoms with E-state index in [1.165, 1.54) is 18.3 Å². The third kappa shape index (κ3) is 2.46. The molecule has 2 N–H and O–H groups in total. The average molecular weight is 286 g/mol. The topological polar surface area (TPSA) is 62.0 Å². The molecule has 5 heteroatoms. The van der Waals surface area contributed by atoms with Gasteiger partial charge in [-0.25, -0.2) is 4.39 Å². The van der Waals surface area contributed by atoms with Gasteiger partial charge in [0.25, 0.3) is 5.91 Å². The van der Waals surface area contributed by atoms with Crippen molar-refractivity contribution in [3.63, 3.8) is 0 Å². The average Bonchev–Trinajstić information content (AvgIpc) is 2.85. The maximum absolute atomic E-state index is 13.6. The van der Waals surface area contributed by atoms with Gasteiger partial charge in [0.2, 0.25) is 0 Å². The van der Waals surface area contributed by atoms with E-state index in [1.54, 1.807) is 12.1 Å². The number of Topliss-reactive ketones (excluding diaryl/α,β-unsaturated/α-hetero) is 1. The summed E-state index contributed by atoms with van der Waals surface area (Å²) < 4.78 is 13.6. The lowest BCUT2D eigenvalue weighted by atomic mass is 9.86. The van der Waals surface area contributed by atoms with Crippen LogP contribution in [-0.4, -0.2) is 16.7 Å². The van der Waals surface area contributed by atoms with Crippen molar-refractivity contribution in [3.8, 4) is 0 Å². The molecule has 0 saturated carbocycles. The van der Waals surface area contributed by atoms with Gasteiger partial charge in [-0.2, -0.15) is 0 Å². The lowest BCUT2D eigenvalue weighted by molar-refractivity contribution is 0.0940. The van der Waals surface area contributed by atoms with Crippen molar-refractivity contribution in [1.82, 2.24) is 4.98 Å². The van der Waals surface area contributed by atoms with E-state index in [-0.39, 0.29) is 23.0 Å². The number of amides is 1. The molecule has 2 aromatic rings. The Morgan fingerprint density at radius 2 is 2.10 bits per heavy atom. The number of H-pyrrole nitrogens is 1. The van der Waals surface area contributed by atoms with Crippen LogP contribution in [0.3, 0.4) is 0 Å². The lowest BCUT2D eigenvalue weighted by Crippen LogP contribution is -2.21. The Kier molecular flexibility index (Phi) is 3.33. The Labute approximate surface area is 121 Å². The highest BCUT2D eigenvalue weighted by molar-refractivity contribution is 6.13. The molecule has 1 aromatic heterocycles. The second-order valence-electron chi connectivity index (χ2n) is 5.43. The molecule has 1 aromatic carbocycles. The minimum absolute atomic E-state index is 0.0383. The molecule has 1 aliphatic rings. The molecule has 3 rings (SSSR count). The summed E-state index contributed by atoms with van der Waals surface area (Å²) in [6.07, 6.45) is 2.70. The van der Waals surface area contributed by atoms with Gasteiger partial charge in [-0.05, 0) is 24.5 Å². The molecule has 0 aliphatic heterocycles. The minimum atomic E-state index is -0.504. The molecular weight excluding hydrogens is 271 g/mol. The van der Waals surface area contributed by atoms with Crippen LogP contribution in [0.25, 0.3) is 0 Å². The number of para-hydroxylation sites is 1. The number of anilines is 1. The van der Waals surface area contributed by atoms with E-state index in [1.807, 2.05) is 6.92 Å². The van der Waals surface area contributed by atoms with Crippen molar-refractivity contribution >= 4 is 17.4 Å². The SMILES string of the molecule is CC1CC(=O)c2c(C(=O)Nc3ccccc3F)c[nH]c2C1. The van der Waals surface area contributed by atoms with Crippen molar-refractivity contribution < 1.29 is 14.0 Å². The van der Waals surface area contributed by atoms with Crippen molar-refractivity contribution in [3.05, 3.63) is 53.1 Å². The van der Waals surface area contributed by atoms with E-state index in [2.05, 4.69) is 10.3 Å².